The number of nitriles is 1. The van der Waals surface area contributed by atoms with Gasteiger partial charge in [0.2, 0.25) is 11.9 Å². The molecule has 1 aliphatic rings. The van der Waals surface area contributed by atoms with Gasteiger partial charge in [-0.3, -0.25) is 10.1 Å². The van der Waals surface area contributed by atoms with Crippen molar-refractivity contribution in [1.82, 2.24) is 19.9 Å². The smallest absolute Gasteiger partial charge is 0.232 e. The van der Waals surface area contributed by atoms with E-state index in [0.717, 1.165) is 40.1 Å². The van der Waals surface area contributed by atoms with Crippen molar-refractivity contribution in [3.63, 3.8) is 0 Å². The van der Waals surface area contributed by atoms with Gasteiger partial charge in [-0.05, 0) is 55.1 Å². The van der Waals surface area contributed by atoms with E-state index in [1.807, 2.05) is 48.7 Å². The average molecular weight is 427 g/mol. The van der Waals surface area contributed by atoms with Gasteiger partial charge in [-0.25, -0.2) is 9.97 Å². The van der Waals surface area contributed by atoms with E-state index in [1.165, 1.54) is 11.9 Å². The molecule has 1 fully saturated rings. The number of nitrogens with one attached hydrogen (secondary N) is 3. The Morgan fingerprint density at radius 1 is 1.13 bits per heavy atom. The molecular formula is C22H17N7OS. The van der Waals surface area contributed by atoms with E-state index in [2.05, 4.69) is 30.0 Å². The summed E-state index contributed by atoms with van der Waals surface area (Å²) >= 11 is 1.42. The fraction of sp³-hybridized carbons (Fsp3) is 0.136. The quantitative estimate of drug-likeness (QED) is 0.391. The Labute approximate surface area is 182 Å². The zero-order chi connectivity index (χ0) is 21.2. The average Bonchev–Trinajstić information content (AvgIpc) is 3.56. The first-order valence-corrected chi connectivity index (χ1v) is 10.6. The molecule has 3 heterocycles. The second-order valence-corrected chi connectivity index (χ2v) is 8.05. The summed E-state index contributed by atoms with van der Waals surface area (Å²) < 4.78 is 3.26. The van der Waals surface area contributed by atoms with Crippen molar-refractivity contribution in [3.05, 3.63) is 60.6 Å². The van der Waals surface area contributed by atoms with E-state index in [0.29, 0.717) is 17.3 Å². The molecule has 3 N–H and O–H groups in total. The molecule has 0 aliphatic heterocycles. The van der Waals surface area contributed by atoms with Crippen LogP contribution in [-0.2, 0) is 4.79 Å². The Morgan fingerprint density at radius 2 is 1.97 bits per heavy atom. The van der Waals surface area contributed by atoms with E-state index in [9.17, 15) is 4.79 Å². The summed E-state index contributed by atoms with van der Waals surface area (Å²) in [5.74, 6) is 0.374. The van der Waals surface area contributed by atoms with Gasteiger partial charge < -0.3 is 9.71 Å². The van der Waals surface area contributed by atoms with Crippen LogP contribution in [0, 0.1) is 17.2 Å². The number of rotatable bonds is 6. The van der Waals surface area contributed by atoms with Crippen LogP contribution in [0.15, 0.2) is 59.8 Å². The number of anilines is 2. The molecule has 31 heavy (non-hydrogen) atoms. The van der Waals surface area contributed by atoms with E-state index in [1.54, 1.807) is 12.3 Å². The lowest BCUT2D eigenvalue weighted by molar-refractivity contribution is -0.117. The minimum Gasteiger partial charge on any atom is -0.346 e. The van der Waals surface area contributed by atoms with Crippen LogP contribution in [-0.4, -0.2) is 25.8 Å². The lowest BCUT2D eigenvalue weighted by Gasteiger charge is -2.09. The second kappa shape index (κ2) is 8.08. The number of carbonyl (C=O) groups is 1. The summed E-state index contributed by atoms with van der Waals surface area (Å²) in [6.45, 7) is 0. The Kier molecular flexibility index (Phi) is 4.98. The molecule has 9 heteroatoms. The van der Waals surface area contributed by atoms with E-state index >= 15 is 0 Å². The fourth-order valence-corrected chi connectivity index (χ4v) is 3.71. The van der Waals surface area contributed by atoms with Crippen LogP contribution in [0.5, 0.6) is 0 Å². The summed E-state index contributed by atoms with van der Waals surface area (Å²) in [6.07, 6.45) is 5.32. The molecule has 0 bridgehead atoms. The maximum absolute atomic E-state index is 12.1. The number of fused-ring (bicyclic) bond motifs is 1. The van der Waals surface area contributed by atoms with Gasteiger partial charge >= 0.3 is 0 Å². The van der Waals surface area contributed by atoms with Crippen molar-refractivity contribution in [2.24, 2.45) is 5.92 Å². The van der Waals surface area contributed by atoms with Crippen molar-refractivity contribution >= 4 is 40.5 Å². The summed E-state index contributed by atoms with van der Waals surface area (Å²) in [7, 11) is 0. The molecule has 4 aromatic rings. The molecule has 0 spiro atoms. The number of carbonyl (C=O) groups excluding carboxylic acids is 1. The molecule has 1 aliphatic carbocycles. The molecule has 1 amide bonds. The number of pyridine rings is 1. The van der Waals surface area contributed by atoms with Gasteiger partial charge in [0.25, 0.3) is 0 Å². The van der Waals surface area contributed by atoms with Crippen molar-refractivity contribution in [1.29, 1.82) is 5.26 Å². The van der Waals surface area contributed by atoms with E-state index in [-0.39, 0.29) is 11.8 Å². The third kappa shape index (κ3) is 4.20. The molecule has 1 saturated carbocycles. The number of aromatic nitrogens is 4. The highest BCUT2D eigenvalue weighted by molar-refractivity contribution is 8.00. The highest BCUT2D eigenvalue weighted by atomic mass is 32.2. The minimum absolute atomic E-state index is 0.0225. The third-order valence-corrected chi connectivity index (χ3v) is 5.71. The van der Waals surface area contributed by atoms with Gasteiger partial charge in [0.1, 0.15) is 17.4 Å². The first-order valence-electron chi connectivity index (χ1n) is 9.75. The molecular weight excluding hydrogens is 410 g/mol. The number of hydrogen-bond donors (Lipinski definition) is 3. The van der Waals surface area contributed by atoms with E-state index < -0.39 is 0 Å². The number of H-pyrrole nitrogens is 1. The predicted molar refractivity (Wildman–Crippen MR) is 119 cm³/mol. The SMILES string of the molecule is N#Cc1ccc(SNc2ccc(-c3nc(NC(=O)C4CC4)nc4[nH]ccc34)cc2)cn1. The standard InChI is InChI=1S/C22H17N7OS/c23-11-16-7-8-17(12-25-16)31-29-15-5-3-13(4-6-15)19-18-9-10-24-20(18)27-22(26-19)28-21(30)14-1-2-14/h3-10,12,14,29H,1-2H2,(H2,24,26,27,28,30). The van der Waals surface area contributed by atoms with Gasteiger partial charge in [0.15, 0.2) is 0 Å². The molecule has 0 unspecified atom stereocenters. The lowest BCUT2D eigenvalue weighted by atomic mass is 10.1. The zero-order valence-electron chi connectivity index (χ0n) is 16.3. The number of nitrogens with zero attached hydrogens (tertiary/aromatic N) is 4. The number of hydrogen-bond acceptors (Lipinski definition) is 7. The monoisotopic (exact) mass is 427 g/mol. The van der Waals surface area contributed by atoms with Crippen LogP contribution < -0.4 is 10.0 Å². The number of amides is 1. The molecule has 1 aromatic carbocycles. The summed E-state index contributed by atoms with van der Waals surface area (Å²) in [5, 5.41) is 12.6. The molecule has 8 nitrogen and oxygen atoms in total. The Balaban J connectivity index is 1.35. The van der Waals surface area contributed by atoms with Crippen molar-refractivity contribution in [3.8, 4) is 17.3 Å². The van der Waals surface area contributed by atoms with Gasteiger partial charge in [0.05, 0.1) is 5.69 Å². The Bertz CT molecular complexity index is 1290. The van der Waals surface area contributed by atoms with Gasteiger partial charge in [-0.1, -0.05) is 12.1 Å². The van der Waals surface area contributed by atoms with Crippen LogP contribution >= 0.6 is 11.9 Å². The highest BCUT2D eigenvalue weighted by Crippen LogP contribution is 2.32. The molecule has 5 rings (SSSR count). The first-order chi connectivity index (χ1) is 15.2. The van der Waals surface area contributed by atoms with Gasteiger partial charge in [-0.15, -0.1) is 0 Å². The normalized spacial score (nSPS) is 13.0. The molecule has 152 valence electrons. The van der Waals surface area contributed by atoms with Crippen LogP contribution in [0.3, 0.4) is 0 Å². The van der Waals surface area contributed by atoms with Crippen molar-refractivity contribution < 1.29 is 4.79 Å². The summed E-state index contributed by atoms with van der Waals surface area (Å²) in [5.41, 5.74) is 3.67. The fourth-order valence-electron chi connectivity index (χ4n) is 3.10. The van der Waals surface area contributed by atoms with Gasteiger partial charge in [0, 0.05) is 39.8 Å². The Morgan fingerprint density at radius 3 is 2.68 bits per heavy atom. The molecule has 0 saturated heterocycles. The third-order valence-electron chi connectivity index (χ3n) is 4.89. The minimum atomic E-state index is -0.0225. The molecule has 0 radical (unpaired) electrons. The largest absolute Gasteiger partial charge is 0.346 e. The maximum atomic E-state index is 12.1. The van der Waals surface area contributed by atoms with Gasteiger partial charge in [-0.2, -0.15) is 10.2 Å². The summed E-state index contributed by atoms with van der Waals surface area (Å²) in [6, 6.07) is 15.3. The first kappa shape index (κ1) is 19.1. The van der Waals surface area contributed by atoms with Crippen LogP contribution in [0.25, 0.3) is 22.3 Å². The highest BCUT2D eigenvalue weighted by Gasteiger charge is 2.30. The molecule has 3 aromatic heterocycles. The second-order valence-electron chi connectivity index (χ2n) is 7.17. The molecule has 0 atom stereocenters. The summed E-state index contributed by atoms with van der Waals surface area (Å²) in [4.78, 5) is 29.2. The predicted octanol–water partition coefficient (Wildman–Crippen LogP) is 4.36. The number of aromatic amines is 1. The Hall–Kier alpha value is -3.90. The zero-order valence-corrected chi connectivity index (χ0v) is 17.1. The van der Waals surface area contributed by atoms with E-state index in [4.69, 9.17) is 5.26 Å². The van der Waals surface area contributed by atoms with Crippen LogP contribution in [0.1, 0.15) is 18.5 Å². The van der Waals surface area contributed by atoms with Crippen molar-refractivity contribution in [2.75, 3.05) is 10.0 Å². The number of benzene rings is 1. The van der Waals surface area contributed by atoms with Crippen LogP contribution in [0.2, 0.25) is 0 Å². The lowest BCUT2D eigenvalue weighted by Crippen LogP contribution is -2.15. The van der Waals surface area contributed by atoms with Crippen molar-refractivity contribution in [2.45, 2.75) is 17.7 Å². The van der Waals surface area contributed by atoms with Crippen LogP contribution in [0.4, 0.5) is 11.6 Å². The maximum Gasteiger partial charge on any atom is 0.232 e. The topological polar surface area (TPSA) is 119 Å².